The first-order valence-electron chi connectivity index (χ1n) is 5.19. The summed E-state index contributed by atoms with van der Waals surface area (Å²) in [4.78, 5) is 4.50. The minimum Gasteiger partial charge on any atom is -0.497 e. The summed E-state index contributed by atoms with van der Waals surface area (Å²) in [5, 5.41) is 1.20. The van der Waals surface area contributed by atoms with Gasteiger partial charge in [0.1, 0.15) is 5.75 Å². The van der Waals surface area contributed by atoms with Crippen molar-refractivity contribution in [3.05, 3.63) is 35.5 Å². The molecule has 0 aliphatic heterocycles. The normalized spacial score (nSPS) is 10.6. The maximum Gasteiger partial charge on any atom is 0.119 e. The number of pyridine rings is 1. The van der Waals surface area contributed by atoms with Gasteiger partial charge in [0.05, 0.1) is 12.6 Å². The molecule has 1 heterocycles. The Kier molecular flexibility index (Phi) is 2.58. The first-order valence-corrected chi connectivity index (χ1v) is 5.19. The molecule has 2 aromatic rings. The molecule has 2 nitrogen and oxygen atoms in total. The van der Waals surface area contributed by atoms with Crippen molar-refractivity contribution in [1.29, 1.82) is 0 Å². The second-order valence-electron chi connectivity index (χ2n) is 3.66. The summed E-state index contributed by atoms with van der Waals surface area (Å²) in [5.74, 6) is 0.892. The second-order valence-corrected chi connectivity index (χ2v) is 3.66. The molecule has 0 unspecified atom stereocenters. The highest BCUT2D eigenvalue weighted by atomic mass is 16.5. The van der Waals surface area contributed by atoms with Crippen LogP contribution in [0.4, 0.5) is 0 Å². The van der Waals surface area contributed by atoms with Gasteiger partial charge in [0.15, 0.2) is 0 Å². The van der Waals surface area contributed by atoms with E-state index < -0.39 is 0 Å². The van der Waals surface area contributed by atoms with E-state index in [1.54, 1.807) is 7.11 Å². The van der Waals surface area contributed by atoms with Crippen LogP contribution in [-0.4, -0.2) is 12.1 Å². The highest BCUT2D eigenvalue weighted by molar-refractivity contribution is 5.83. The Morgan fingerprint density at radius 2 is 2.07 bits per heavy atom. The minimum atomic E-state index is 0.892. The van der Waals surface area contributed by atoms with Crippen molar-refractivity contribution < 1.29 is 4.74 Å². The summed E-state index contributed by atoms with van der Waals surface area (Å²) in [5.41, 5.74) is 3.45. The lowest BCUT2D eigenvalue weighted by Crippen LogP contribution is -1.91. The van der Waals surface area contributed by atoms with Crippen LogP contribution in [0.3, 0.4) is 0 Å². The summed E-state index contributed by atoms with van der Waals surface area (Å²) in [6.07, 6.45) is 1.02. The van der Waals surface area contributed by atoms with Crippen LogP contribution < -0.4 is 4.74 Å². The molecular weight excluding hydrogens is 186 g/mol. The molecule has 0 bridgehead atoms. The molecule has 0 aliphatic carbocycles. The first kappa shape index (κ1) is 9.97. The van der Waals surface area contributed by atoms with Gasteiger partial charge < -0.3 is 4.74 Å². The van der Waals surface area contributed by atoms with Gasteiger partial charge in [-0.15, -0.1) is 0 Å². The van der Waals surface area contributed by atoms with Crippen molar-refractivity contribution >= 4 is 10.9 Å². The van der Waals surface area contributed by atoms with Gasteiger partial charge in [-0.25, -0.2) is 0 Å². The lowest BCUT2D eigenvalue weighted by atomic mass is 10.1. The SMILES string of the molecule is CCc1cc(C)nc2ccc(OC)cc12. The van der Waals surface area contributed by atoms with Crippen LogP contribution >= 0.6 is 0 Å². The molecule has 2 heteroatoms. The maximum absolute atomic E-state index is 5.22. The first-order chi connectivity index (χ1) is 7.24. The number of methoxy groups -OCH3 is 1. The molecule has 0 spiro atoms. The van der Waals surface area contributed by atoms with Crippen molar-refractivity contribution in [1.82, 2.24) is 4.98 Å². The minimum absolute atomic E-state index is 0.892. The molecule has 0 atom stereocenters. The van der Waals surface area contributed by atoms with E-state index in [1.807, 2.05) is 19.1 Å². The molecule has 78 valence electrons. The standard InChI is InChI=1S/C13H15NO/c1-4-10-7-9(2)14-13-6-5-11(15-3)8-12(10)13/h5-8H,4H2,1-3H3. The zero-order chi connectivity index (χ0) is 10.8. The fourth-order valence-corrected chi connectivity index (χ4v) is 1.84. The van der Waals surface area contributed by atoms with E-state index in [9.17, 15) is 0 Å². The molecule has 1 aromatic carbocycles. The molecule has 0 saturated heterocycles. The summed E-state index contributed by atoms with van der Waals surface area (Å²) in [7, 11) is 1.69. The van der Waals surface area contributed by atoms with Gasteiger partial charge in [0, 0.05) is 11.1 Å². The predicted octanol–water partition coefficient (Wildman–Crippen LogP) is 3.11. The van der Waals surface area contributed by atoms with Crippen molar-refractivity contribution in [2.45, 2.75) is 20.3 Å². The molecule has 0 fully saturated rings. The number of rotatable bonds is 2. The number of hydrogen-bond acceptors (Lipinski definition) is 2. The van der Waals surface area contributed by atoms with Crippen LogP contribution in [0.15, 0.2) is 24.3 Å². The molecule has 1 aromatic heterocycles. The Balaban J connectivity index is 2.73. The van der Waals surface area contributed by atoms with Gasteiger partial charge in [-0.1, -0.05) is 6.92 Å². The fourth-order valence-electron chi connectivity index (χ4n) is 1.84. The summed E-state index contributed by atoms with van der Waals surface area (Å²) in [6, 6.07) is 8.16. The zero-order valence-corrected chi connectivity index (χ0v) is 9.37. The Labute approximate surface area is 89.9 Å². The van der Waals surface area contributed by atoms with E-state index in [2.05, 4.69) is 24.0 Å². The Morgan fingerprint density at radius 1 is 1.27 bits per heavy atom. The zero-order valence-electron chi connectivity index (χ0n) is 9.37. The number of fused-ring (bicyclic) bond motifs is 1. The van der Waals surface area contributed by atoms with Gasteiger partial charge in [-0.3, -0.25) is 4.98 Å². The third-order valence-electron chi connectivity index (χ3n) is 2.61. The third kappa shape index (κ3) is 1.80. The number of nitrogens with zero attached hydrogens (tertiary/aromatic N) is 1. The third-order valence-corrected chi connectivity index (χ3v) is 2.61. The van der Waals surface area contributed by atoms with Crippen LogP contribution in [0, 0.1) is 6.92 Å². The van der Waals surface area contributed by atoms with Crippen molar-refractivity contribution in [2.24, 2.45) is 0 Å². The largest absolute Gasteiger partial charge is 0.497 e. The van der Waals surface area contributed by atoms with E-state index in [-0.39, 0.29) is 0 Å². The fraction of sp³-hybridized carbons (Fsp3) is 0.308. The Hall–Kier alpha value is -1.57. The predicted molar refractivity (Wildman–Crippen MR) is 62.4 cm³/mol. The molecule has 2 rings (SSSR count). The summed E-state index contributed by atoms with van der Waals surface area (Å²) < 4.78 is 5.22. The number of aromatic nitrogens is 1. The van der Waals surface area contributed by atoms with Crippen LogP contribution in [-0.2, 0) is 6.42 Å². The maximum atomic E-state index is 5.22. The molecule has 0 N–H and O–H groups in total. The molecule has 0 aliphatic rings. The van der Waals surface area contributed by atoms with Gasteiger partial charge in [-0.2, -0.15) is 0 Å². The highest BCUT2D eigenvalue weighted by Gasteiger charge is 2.03. The topological polar surface area (TPSA) is 22.1 Å². The monoisotopic (exact) mass is 201 g/mol. The van der Waals surface area contributed by atoms with Gasteiger partial charge in [0.2, 0.25) is 0 Å². The molecule has 15 heavy (non-hydrogen) atoms. The van der Waals surface area contributed by atoms with E-state index in [4.69, 9.17) is 4.74 Å². The van der Waals surface area contributed by atoms with Crippen LogP contribution in [0.2, 0.25) is 0 Å². The van der Waals surface area contributed by atoms with Crippen LogP contribution in [0.5, 0.6) is 5.75 Å². The van der Waals surface area contributed by atoms with Gasteiger partial charge in [-0.05, 0) is 43.2 Å². The van der Waals surface area contributed by atoms with Crippen molar-refractivity contribution in [2.75, 3.05) is 7.11 Å². The number of ether oxygens (including phenoxy) is 1. The lowest BCUT2D eigenvalue weighted by Gasteiger charge is -2.07. The average Bonchev–Trinajstić information content (AvgIpc) is 2.27. The average molecular weight is 201 g/mol. The molecule has 0 radical (unpaired) electrons. The van der Waals surface area contributed by atoms with Gasteiger partial charge in [0.25, 0.3) is 0 Å². The Morgan fingerprint density at radius 3 is 2.73 bits per heavy atom. The molecule has 0 saturated carbocycles. The quantitative estimate of drug-likeness (QED) is 0.744. The number of benzene rings is 1. The molecule has 0 amide bonds. The van der Waals surface area contributed by atoms with Gasteiger partial charge >= 0.3 is 0 Å². The second kappa shape index (κ2) is 3.89. The van der Waals surface area contributed by atoms with Crippen LogP contribution in [0.25, 0.3) is 10.9 Å². The number of aryl methyl sites for hydroxylation is 2. The van der Waals surface area contributed by atoms with E-state index >= 15 is 0 Å². The van der Waals surface area contributed by atoms with Crippen molar-refractivity contribution in [3.63, 3.8) is 0 Å². The van der Waals surface area contributed by atoms with Crippen molar-refractivity contribution in [3.8, 4) is 5.75 Å². The summed E-state index contributed by atoms with van der Waals surface area (Å²) in [6.45, 7) is 4.19. The van der Waals surface area contributed by atoms with E-state index in [0.717, 1.165) is 23.4 Å². The molecular formula is C13H15NO. The lowest BCUT2D eigenvalue weighted by molar-refractivity contribution is 0.415. The van der Waals surface area contributed by atoms with E-state index in [1.165, 1.54) is 10.9 Å². The highest BCUT2D eigenvalue weighted by Crippen LogP contribution is 2.23. The summed E-state index contributed by atoms with van der Waals surface area (Å²) >= 11 is 0. The Bertz CT molecular complexity index is 491. The van der Waals surface area contributed by atoms with Crippen LogP contribution in [0.1, 0.15) is 18.2 Å². The van der Waals surface area contributed by atoms with E-state index in [0.29, 0.717) is 0 Å². The number of hydrogen-bond donors (Lipinski definition) is 0. The smallest absolute Gasteiger partial charge is 0.119 e.